The zero-order valence-electron chi connectivity index (χ0n) is 18.2. The fourth-order valence-corrected chi connectivity index (χ4v) is 4.38. The third-order valence-corrected chi connectivity index (χ3v) is 5.90. The summed E-state index contributed by atoms with van der Waals surface area (Å²) in [4.78, 5) is 27.1. The fourth-order valence-electron chi connectivity index (χ4n) is 4.38. The van der Waals surface area contributed by atoms with Crippen LogP contribution < -0.4 is 10.3 Å². The predicted octanol–water partition coefficient (Wildman–Crippen LogP) is 2.97. The monoisotopic (exact) mass is 424 g/mol. The zero-order valence-corrected chi connectivity index (χ0v) is 18.2. The van der Waals surface area contributed by atoms with Crippen LogP contribution in [0.2, 0.25) is 0 Å². The number of fused-ring (bicyclic) bond motifs is 1. The first kappa shape index (κ1) is 21.4. The molecule has 4 rings (SSSR count). The topological polar surface area (TPSA) is 99.4 Å². The molecule has 3 heterocycles. The molecule has 0 aromatic carbocycles. The standard InChI is InChI=1S/C23H28N4O4/c1-14-19-12-20(16-4-9-21(30-3)24-13-16)23(29)27(22(19)26-15(2)25-14)17-5-7-18(8-6-17)31-11-10-28/h4,9,12-13,17-18,28H,5-8,10-11H2,1-3H3. The third kappa shape index (κ3) is 4.31. The van der Waals surface area contributed by atoms with E-state index >= 15 is 0 Å². The first-order chi connectivity index (χ1) is 15.0. The Morgan fingerprint density at radius 3 is 2.58 bits per heavy atom. The number of aliphatic hydroxyl groups is 1. The lowest BCUT2D eigenvalue weighted by Gasteiger charge is -2.30. The molecule has 0 radical (unpaired) electrons. The number of nitrogens with zero attached hydrogens (tertiary/aromatic N) is 4. The average molecular weight is 425 g/mol. The summed E-state index contributed by atoms with van der Waals surface area (Å²) in [5, 5.41) is 9.88. The minimum absolute atomic E-state index is 0.0252. The fraction of sp³-hybridized carbons (Fsp3) is 0.478. The summed E-state index contributed by atoms with van der Waals surface area (Å²) in [6, 6.07) is 5.51. The number of ether oxygens (including phenoxy) is 2. The van der Waals surface area contributed by atoms with E-state index in [-0.39, 0.29) is 24.3 Å². The van der Waals surface area contributed by atoms with Gasteiger partial charge >= 0.3 is 0 Å². The van der Waals surface area contributed by atoms with Gasteiger partial charge in [0.25, 0.3) is 5.56 Å². The molecule has 1 aliphatic rings. The van der Waals surface area contributed by atoms with E-state index in [2.05, 4.69) is 15.0 Å². The second kappa shape index (κ2) is 9.11. The van der Waals surface area contributed by atoms with Gasteiger partial charge in [0.05, 0.1) is 32.1 Å². The Kier molecular flexibility index (Phi) is 6.29. The zero-order chi connectivity index (χ0) is 22.0. The Bertz CT molecular complexity index is 1120. The van der Waals surface area contributed by atoms with Gasteiger partial charge in [-0.25, -0.2) is 15.0 Å². The van der Waals surface area contributed by atoms with Crippen LogP contribution in [0.25, 0.3) is 22.2 Å². The predicted molar refractivity (Wildman–Crippen MR) is 117 cm³/mol. The number of hydrogen-bond donors (Lipinski definition) is 1. The van der Waals surface area contributed by atoms with Crippen molar-refractivity contribution in [3.05, 3.63) is 46.3 Å². The molecule has 0 bridgehead atoms. The molecule has 8 nitrogen and oxygen atoms in total. The second-order valence-corrected chi connectivity index (χ2v) is 7.94. The van der Waals surface area contributed by atoms with Crippen LogP contribution in [0, 0.1) is 13.8 Å². The summed E-state index contributed by atoms with van der Waals surface area (Å²) in [6.07, 6.45) is 5.11. The number of aromatic nitrogens is 4. The molecule has 31 heavy (non-hydrogen) atoms. The molecule has 3 aromatic rings. The van der Waals surface area contributed by atoms with Crippen LogP contribution in [0.3, 0.4) is 0 Å². The lowest BCUT2D eigenvalue weighted by atomic mass is 9.92. The maximum Gasteiger partial charge on any atom is 0.260 e. The van der Waals surface area contributed by atoms with Crippen LogP contribution in [0.15, 0.2) is 29.2 Å². The smallest absolute Gasteiger partial charge is 0.260 e. The SMILES string of the molecule is COc1ccc(-c2cc3c(C)nc(C)nc3n(C3CCC(OCCO)CC3)c2=O)cn1. The summed E-state index contributed by atoms with van der Waals surface area (Å²) < 4.78 is 12.7. The van der Waals surface area contributed by atoms with E-state index < -0.39 is 0 Å². The summed E-state index contributed by atoms with van der Waals surface area (Å²) >= 11 is 0. The van der Waals surface area contributed by atoms with Crippen LogP contribution in [0.1, 0.15) is 43.2 Å². The molecule has 0 amide bonds. The Morgan fingerprint density at radius 1 is 1.16 bits per heavy atom. The minimum atomic E-state index is -0.0725. The van der Waals surface area contributed by atoms with Gasteiger partial charge in [-0.05, 0) is 51.7 Å². The minimum Gasteiger partial charge on any atom is -0.481 e. The van der Waals surface area contributed by atoms with Gasteiger partial charge in [0, 0.05) is 34.8 Å². The maximum atomic E-state index is 13.7. The van der Waals surface area contributed by atoms with Gasteiger partial charge in [-0.2, -0.15) is 0 Å². The highest BCUT2D eigenvalue weighted by molar-refractivity contribution is 5.83. The Labute approximate surface area is 180 Å². The lowest BCUT2D eigenvalue weighted by molar-refractivity contribution is 0.00168. The van der Waals surface area contributed by atoms with Crippen molar-refractivity contribution in [2.45, 2.75) is 51.7 Å². The largest absolute Gasteiger partial charge is 0.481 e. The average Bonchev–Trinajstić information content (AvgIpc) is 2.78. The molecular formula is C23H28N4O4. The van der Waals surface area contributed by atoms with Crippen molar-refractivity contribution in [3.63, 3.8) is 0 Å². The Morgan fingerprint density at radius 2 is 1.94 bits per heavy atom. The molecule has 1 fully saturated rings. The van der Waals surface area contributed by atoms with Gasteiger partial charge in [-0.1, -0.05) is 0 Å². The summed E-state index contributed by atoms with van der Waals surface area (Å²) in [5.74, 6) is 1.15. The van der Waals surface area contributed by atoms with Crippen LogP contribution >= 0.6 is 0 Å². The molecule has 1 saturated carbocycles. The molecule has 0 spiro atoms. The third-order valence-electron chi connectivity index (χ3n) is 5.90. The van der Waals surface area contributed by atoms with Crippen LogP contribution in [-0.4, -0.2) is 51.1 Å². The molecular weight excluding hydrogens is 396 g/mol. The number of aryl methyl sites for hydroxylation is 2. The van der Waals surface area contributed by atoms with E-state index in [1.165, 1.54) is 0 Å². The van der Waals surface area contributed by atoms with Crippen molar-refractivity contribution in [3.8, 4) is 17.0 Å². The molecule has 0 unspecified atom stereocenters. The van der Waals surface area contributed by atoms with Gasteiger partial charge in [-0.15, -0.1) is 0 Å². The first-order valence-electron chi connectivity index (χ1n) is 10.6. The van der Waals surface area contributed by atoms with Gasteiger partial charge in [0.1, 0.15) is 11.5 Å². The van der Waals surface area contributed by atoms with Gasteiger partial charge < -0.3 is 14.6 Å². The van der Waals surface area contributed by atoms with E-state index in [0.29, 0.717) is 29.5 Å². The van der Waals surface area contributed by atoms with Gasteiger partial charge in [-0.3, -0.25) is 9.36 Å². The van der Waals surface area contributed by atoms with E-state index in [1.807, 2.05) is 30.5 Å². The molecule has 0 atom stereocenters. The van der Waals surface area contributed by atoms with Gasteiger partial charge in [0.15, 0.2) is 0 Å². The maximum absolute atomic E-state index is 13.7. The quantitative estimate of drug-likeness (QED) is 0.649. The van der Waals surface area contributed by atoms with Crippen molar-refractivity contribution in [2.75, 3.05) is 20.3 Å². The van der Waals surface area contributed by atoms with E-state index in [1.54, 1.807) is 19.4 Å². The Hall–Kier alpha value is -2.84. The van der Waals surface area contributed by atoms with E-state index in [9.17, 15) is 4.79 Å². The molecule has 0 saturated heterocycles. The normalized spacial score (nSPS) is 19.0. The van der Waals surface area contributed by atoms with Crippen LogP contribution in [0.5, 0.6) is 5.88 Å². The van der Waals surface area contributed by atoms with E-state index in [0.717, 1.165) is 42.3 Å². The van der Waals surface area contributed by atoms with Crippen LogP contribution in [-0.2, 0) is 4.74 Å². The highest BCUT2D eigenvalue weighted by Crippen LogP contribution is 2.32. The first-order valence-corrected chi connectivity index (χ1v) is 10.6. The molecule has 3 aromatic heterocycles. The molecule has 0 aliphatic heterocycles. The van der Waals surface area contributed by atoms with Crippen molar-refractivity contribution >= 4 is 11.0 Å². The highest BCUT2D eigenvalue weighted by atomic mass is 16.5. The van der Waals surface area contributed by atoms with Crippen molar-refractivity contribution in [1.82, 2.24) is 19.5 Å². The molecule has 164 valence electrons. The summed E-state index contributed by atoms with van der Waals surface area (Å²) in [5.41, 5.74) is 2.77. The summed E-state index contributed by atoms with van der Waals surface area (Å²) in [6.45, 7) is 4.17. The van der Waals surface area contributed by atoms with Crippen molar-refractivity contribution < 1.29 is 14.6 Å². The van der Waals surface area contributed by atoms with Crippen molar-refractivity contribution in [1.29, 1.82) is 0 Å². The second-order valence-electron chi connectivity index (χ2n) is 7.94. The van der Waals surface area contributed by atoms with Crippen LogP contribution in [0.4, 0.5) is 0 Å². The highest BCUT2D eigenvalue weighted by Gasteiger charge is 2.27. The number of rotatable bonds is 6. The molecule has 1 aliphatic carbocycles. The molecule has 1 N–H and O–H groups in total. The number of hydrogen-bond acceptors (Lipinski definition) is 7. The lowest BCUT2D eigenvalue weighted by Crippen LogP contribution is -2.32. The summed E-state index contributed by atoms with van der Waals surface area (Å²) in [7, 11) is 1.56. The number of pyridine rings is 2. The number of methoxy groups -OCH3 is 1. The number of aliphatic hydroxyl groups excluding tert-OH is 1. The van der Waals surface area contributed by atoms with Gasteiger partial charge in [0.2, 0.25) is 5.88 Å². The van der Waals surface area contributed by atoms with E-state index in [4.69, 9.17) is 14.6 Å². The Balaban J connectivity index is 1.81. The molecule has 8 heteroatoms. The van der Waals surface area contributed by atoms with Crippen molar-refractivity contribution in [2.24, 2.45) is 0 Å².